The Morgan fingerprint density at radius 2 is 2.06 bits per heavy atom. The summed E-state index contributed by atoms with van der Waals surface area (Å²) in [4.78, 5) is 25.7. The lowest BCUT2D eigenvalue weighted by Crippen LogP contribution is -2.24. The van der Waals surface area contributed by atoms with Crippen LogP contribution in [0.3, 0.4) is 0 Å². The third-order valence-electron chi connectivity index (χ3n) is 6.56. The van der Waals surface area contributed by atoms with Crippen molar-refractivity contribution in [3.8, 4) is 23.0 Å². The van der Waals surface area contributed by atoms with Crippen LogP contribution < -0.4 is 11.1 Å². The maximum Gasteiger partial charge on any atom is 0.434 e. The summed E-state index contributed by atoms with van der Waals surface area (Å²) in [6, 6.07) is 7.20. The van der Waals surface area contributed by atoms with Gasteiger partial charge in [0.05, 0.1) is 6.61 Å². The van der Waals surface area contributed by atoms with Gasteiger partial charge in [0.2, 0.25) is 11.8 Å². The van der Waals surface area contributed by atoms with E-state index in [1.54, 1.807) is 6.07 Å². The second-order valence-electron chi connectivity index (χ2n) is 9.40. The summed E-state index contributed by atoms with van der Waals surface area (Å²) < 4.78 is 7.24. The van der Waals surface area contributed by atoms with E-state index in [-0.39, 0.29) is 24.4 Å². The van der Waals surface area contributed by atoms with Crippen LogP contribution in [0.15, 0.2) is 33.5 Å². The Morgan fingerprint density at radius 1 is 1.26 bits per heavy atom. The Morgan fingerprint density at radius 3 is 2.74 bits per heavy atom. The van der Waals surface area contributed by atoms with Crippen LogP contribution in [0.25, 0.3) is 34.1 Å². The second-order valence-corrected chi connectivity index (χ2v) is 9.83. The normalized spacial score (nSPS) is 19.2. The van der Waals surface area contributed by atoms with Gasteiger partial charge in [-0.05, 0) is 43.7 Å². The van der Waals surface area contributed by atoms with E-state index >= 15 is 0 Å². The molecule has 0 aliphatic heterocycles. The summed E-state index contributed by atoms with van der Waals surface area (Å²) >= 11 is 6.32. The van der Waals surface area contributed by atoms with Gasteiger partial charge in [0.1, 0.15) is 11.2 Å². The van der Waals surface area contributed by atoms with Gasteiger partial charge in [-0.25, -0.2) is 19.9 Å². The summed E-state index contributed by atoms with van der Waals surface area (Å²) in [6.45, 7) is 4.90. The maximum atomic E-state index is 11.6. The van der Waals surface area contributed by atoms with E-state index in [4.69, 9.17) is 26.0 Å². The molecule has 184 valence electrons. The van der Waals surface area contributed by atoms with E-state index in [9.17, 15) is 9.90 Å². The van der Waals surface area contributed by atoms with Crippen LogP contribution in [-0.2, 0) is 6.54 Å². The number of rotatable bonds is 7. The number of nitrogens with zero attached hydrogens (tertiary/aromatic N) is 5. The van der Waals surface area contributed by atoms with Gasteiger partial charge in [-0.15, -0.1) is 5.10 Å². The van der Waals surface area contributed by atoms with Crippen molar-refractivity contribution in [2.24, 2.45) is 11.8 Å². The van der Waals surface area contributed by atoms with Gasteiger partial charge in [-0.3, -0.25) is 0 Å². The molecule has 1 atom stereocenters. The highest BCUT2D eigenvalue weighted by molar-refractivity contribution is 6.30. The smallest absolute Gasteiger partial charge is 0.394 e. The van der Waals surface area contributed by atoms with Gasteiger partial charge in [-0.1, -0.05) is 43.5 Å². The average Bonchev–Trinajstić information content (AvgIpc) is 3.43. The van der Waals surface area contributed by atoms with Crippen LogP contribution in [0.1, 0.15) is 39.5 Å². The van der Waals surface area contributed by atoms with Gasteiger partial charge in [-0.2, -0.15) is 4.98 Å². The number of fused-ring (bicyclic) bond motifs is 1. The zero-order chi connectivity index (χ0) is 24.5. The molecule has 0 unspecified atom stereocenters. The molecule has 4 aromatic rings. The second kappa shape index (κ2) is 9.79. The van der Waals surface area contributed by atoms with E-state index in [1.165, 1.54) is 12.8 Å². The highest BCUT2D eigenvalue weighted by atomic mass is 35.5. The summed E-state index contributed by atoms with van der Waals surface area (Å²) in [5, 5.41) is 19.7. The fourth-order valence-electron chi connectivity index (χ4n) is 4.62. The quantitative estimate of drug-likeness (QED) is 0.347. The van der Waals surface area contributed by atoms with Gasteiger partial charge < -0.3 is 19.4 Å². The number of hydrogen-bond acceptors (Lipinski definition) is 8. The molecular formula is C24H28ClN7O3. The van der Waals surface area contributed by atoms with Gasteiger partial charge in [0.25, 0.3) is 5.89 Å². The summed E-state index contributed by atoms with van der Waals surface area (Å²) in [7, 11) is 0. The number of hydrogen-bond donors (Lipinski definition) is 3. The first-order valence-electron chi connectivity index (χ1n) is 11.9. The first-order chi connectivity index (χ1) is 16.9. The number of aromatic nitrogens is 6. The van der Waals surface area contributed by atoms with Crippen LogP contribution in [0, 0.1) is 11.8 Å². The van der Waals surface area contributed by atoms with Crippen LogP contribution in [0.4, 0.5) is 5.95 Å². The predicted molar refractivity (Wildman–Crippen MR) is 133 cm³/mol. The zero-order valence-electron chi connectivity index (χ0n) is 19.7. The molecular weight excluding hydrogens is 470 g/mol. The minimum atomic E-state index is -0.691. The number of anilines is 1. The monoisotopic (exact) mass is 497 g/mol. The van der Waals surface area contributed by atoms with Crippen molar-refractivity contribution in [3.63, 3.8) is 0 Å². The van der Waals surface area contributed by atoms with Crippen molar-refractivity contribution in [1.82, 2.24) is 29.7 Å². The van der Waals surface area contributed by atoms with Crippen molar-refractivity contribution >= 4 is 28.7 Å². The number of H-pyrrole nitrogens is 1. The van der Waals surface area contributed by atoms with Crippen molar-refractivity contribution in [2.75, 3.05) is 11.9 Å². The van der Waals surface area contributed by atoms with E-state index < -0.39 is 5.76 Å². The van der Waals surface area contributed by atoms with Gasteiger partial charge >= 0.3 is 5.76 Å². The fourth-order valence-corrected chi connectivity index (χ4v) is 4.81. The number of aliphatic hydroxyl groups is 1. The zero-order valence-corrected chi connectivity index (χ0v) is 20.4. The van der Waals surface area contributed by atoms with Gasteiger partial charge in [0.15, 0.2) is 5.65 Å². The standard InChI is InChI=1S/C24H28ClN7O3/c1-13-6-8-15(9-7-13)11-32-19-18(16-4-3-5-17(25)10-16)27-21(22-30-31-24(34)35-22)28-20(19)29-23(32)26-14(2)12-33/h3-5,10,13-15,33H,6-9,11-12H2,1-2H3,(H,31,34)(H,26,27,28,29)/t13?,14-,15?/m1/s1. The van der Waals surface area contributed by atoms with Crippen molar-refractivity contribution in [1.29, 1.82) is 0 Å². The molecule has 1 fully saturated rings. The summed E-state index contributed by atoms with van der Waals surface area (Å²) in [5.74, 6) is 1.28. The molecule has 5 rings (SSSR count). The van der Waals surface area contributed by atoms with Crippen molar-refractivity contribution < 1.29 is 9.52 Å². The number of halogens is 1. The number of aromatic amines is 1. The molecule has 10 nitrogen and oxygen atoms in total. The minimum Gasteiger partial charge on any atom is -0.394 e. The fraction of sp³-hybridized carbons (Fsp3) is 0.458. The molecule has 0 radical (unpaired) electrons. The summed E-state index contributed by atoms with van der Waals surface area (Å²) in [6.07, 6.45) is 4.68. The molecule has 35 heavy (non-hydrogen) atoms. The van der Waals surface area contributed by atoms with Crippen LogP contribution in [0.5, 0.6) is 0 Å². The molecule has 3 aromatic heterocycles. The highest BCUT2D eigenvalue weighted by Gasteiger charge is 2.26. The molecule has 1 saturated carbocycles. The lowest BCUT2D eigenvalue weighted by Gasteiger charge is -2.27. The molecule has 0 amide bonds. The third-order valence-corrected chi connectivity index (χ3v) is 6.79. The summed E-state index contributed by atoms with van der Waals surface area (Å²) in [5.41, 5.74) is 2.58. The molecule has 0 bridgehead atoms. The number of nitrogens with one attached hydrogen (secondary N) is 2. The van der Waals surface area contributed by atoms with Crippen LogP contribution in [0.2, 0.25) is 5.02 Å². The molecule has 0 spiro atoms. The molecule has 0 saturated heterocycles. The van der Waals surface area contributed by atoms with E-state index in [1.807, 2.05) is 25.1 Å². The highest BCUT2D eigenvalue weighted by Crippen LogP contribution is 2.35. The van der Waals surface area contributed by atoms with E-state index in [0.717, 1.165) is 36.4 Å². The number of benzene rings is 1. The molecule has 1 aliphatic rings. The first kappa shape index (κ1) is 23.5. The Hall–Kier alpha value is -3.24. The third kappa shape index (κ3) is 4.94. The molecule has 11 heteroatoms. The van der Waals surface area contributed by atoms with E-state index in [2.05, 4.69) is 32.0 Å². The molecule has 3 heterocycles. The van der Waals surface area contributed by atoms with Gasteiger partial charge in [0, 0.05) is 23.2 Å². The molecule has 1 aromatic carbocycles. The minimum absolute atomic E-state index is 0.0192. The van der Waals surface area contributed by atoms with E-state index in [0.29, 0.717) is 28.2 Å². The predicted octanol–water partition coefficient (Wildman–Crippen LogP) is 4.11. The molecule has 3 N–H and O–H groups in total. The number of imidazole rings is 1. The first-order valence-corrected chi connectivity index (χ1v) is 12.3. The molecule has 1 aliphatic carbocycles. The van der Waals surface area contributed by atoms with Crippen LogP contribution >= 0.6 is 11.6 Å². The maximum absolute atomic E-state index is 11.6. The lowest BCUT2D eigenvalue weighted by atomic mass is 9.83. The Kier molecular flexibility index (Phi) is 6.57. The Bertz CT molecular complexity index is 1390. The number of aliphatic hydroxyl groups excluding tert-OH is 1. The lowest BCUT2D eigenvalue weighted by molar-refractivity contribution is 0.265. The average molecular weight is 498 g/mol. The largest absolute Gasteiger partial charge is 0.434 e. The Balaban J connectivity index is 1.71. The van der Waals surface area contributed by atoms with Crippen molar-refractivity contribution in [3.05, 3.63) is 39.8 Å². The Labute approximate surface area is 206 Å². The van der Waals surface area contributed by atoms with Crippen LogP contribution in [-0.4, -0.2) is 47.5 Å². The topological polar surface area (TPSA) is 135 Å². The SMILES string of the molecule is CC1CCC(Cn2c(N[C@H](C)CO)nc3nc(-c4n[nH]c(=O)o4)nc(-c4cccc(Cl)c4)c32)CC1. The van der Waals surface area contributed by atoms with Crippen molar-refractivity contribution in [2.45, 2.75) is 52.1 Å².